The molecule has 150 valence electrons. The maximum atomic E-state index is 12.0. The van der Waals surface area contributed by atoms with Gasteiger partial charge in [0.2, 0.25) is 0 Å². The molecule has 1 heterocycles. The van der Waals surface area contributed by atoms with Crippen molar-refractivity contribution in [2.75, 3.05) is 32.8 Å². The number of nitrogens with zero attached hydrogens (tertiary/aromatic N) is 1. The number of morpholine rings is 1. The van der Waals surface area contributed by atoms with Gasteiger partial charge in [-0.15, -0.1) is 0 Å². The molecule has 0 N–H and O–H groups in total. The van der Waals surface area contributed by atoms with Gasteiger partial charge in [0.15, 0.2) is 0 Å². The van der Waals surface area contributed by atoms with Crippen LogP contribution in [-0.2, 0) is 19.7 Å². The SMILES string of the molecule is CC[C@@H](OC(C)=O)C(CCN1CCOCC1)(c1ccccc1)c1ccccc1. The number of ether oxygens (including phenoxy) is 2. The highest BCUT2D eigenvalue weighted by Crippen LogP contribution is 2.42. The van der Waals surface area contributed by atoms with Gasteiger partial charge in [0.1, 0.15) is 6.10 Å². The van der Waals surface area contributed by atoms with Gasteiger partial charge in [-0.1, -0.05) is 67.6 Å². The Kier molecular flexibility index (Phi) is 7.24. The summed E-state index contributed by atoms with van der Waals surface area (Å²) in [7, 11) is 0. The first-order valence-corrected chi connectivity index (χ1v) is 10.2. The molecule has 1 saturated heterocycles. The molecule has 0 aromatic heterocycles. The lowest BCUT2D eigenvalue weighted by atomic mass is 9.67. The summed E-state index contributed by atoms with van der Waals surface area (Å²) in [5.74, 6) is -0.227. The first-order valence-electron chi connectivity index (χ1n) is 10.2. The van der Waals surface area contributed by atoms with E-state index in [1.807, 2.05) is 12.1 Å². The second-order valence-electron chi connectivity index (χ2n) is 7.41. The third-order valence-electron chi connectivity index (χ3n) is 5.73. The van der Waals surface area contributed by atoms with Gasteiger partial charge < -0.3 is 9.47 Å². The van der Waals surface area contributed by atoms with Crippen molar-refractivity contribution in [2.24, 2.45) is 0 Å². The lowest BCUT2D eigenvalue weighted by molar-refractivity contribution is -0.149. The second-order valence-corrected chi connectivity index (χ2v) is 7.41. The highest BCUT2D eigenvalue weighted by molar-refractivity contribution is 5.66. The Labute approximate surface area is 168 Å². The van der Waals surface area contributed by atoms with Crippen LogP contribution in [0.1, 0.15) is 37.8 Å². The van der Waals surface area contributed by atoms with Crippen LogP contribution in [-0.4, -0.2) is 49.8 Å². The minimum Gasteiger partial charge on any atom is -0.461 e. The Morgan fingerprint density at radius 1 is 1.04 bits per heavy atom. The van der Waals surface area contributed by atoms with Gasteiger partial charge in [-0.3, -0.25) is 9.69 Å². The van der Waals surface area contributed by atoms with Crippen molar-refractivity contribution in [3.8, 4) is 0 Å². The number of benzene rings is 2. The molecular formula is C24H31NO3. The van der Waals surface area contributed by atoms with E-state index in [1.54, 1.807) is 0 Å². The fourth-order valence-electron chi connectivity index (χ4n) is 4.35. The van der Waals surface area contributed by atoms with Crippen LogP contribution in [0.5, 0.6) is 0 Å². The molecule has 4 nitrogen and oxygen atoms in total. The van der Waals surface area contributed by atoms with E-state index in [1.165, 1.54) is 18.1 Å². The van der Waals surface area contributed by atoms with Gasteiger partial charge in [-0.2, -0.15) is 0 Å². The summed E-state index contributed by atoms with van der Waals surface area (Å²) in [5.41, 5.74) is 2.01. The van der Waals surface area contributed by atoms with Gasteiger partial charge >= 0.3 is 5.97 Å². The van der Waals surface area contributed by atoms with Crippen molar-refractivity contribution in [3.63, 3.8) is 0 Å². The fourth-order valence-corrected chi connectivity index (χ4v) is 4.35. The summed E-state index contributed by atoms with van der Waals surface area (Å²) in [5, 5.41) is 0. The fraction of sp³-hybridized carbons (Fsp3) is 0.458. The molecule has 0 unspecified atom stereocenters. The Morgan fingerprint density at radius 2 is 1.57 bits per heavy atom. The van der Waals surface area contributed by atoms with Crippen LogP contribution in [0.4, 0.5) is 0 Å². The minimum atomic E-state index is -0.388. The molecule has 0 aliphatic carbocycles. The normalized spacial score (nSPS) is 16.5. The summed E-state index contributed by atoms with van der Waals surface area (Å²) < 4.78 is 11.4. The monoisotopic (exact) mass is 381 g/mol. The third kappa shape index (κ3) is 4.62. The number of rotatable bonds is 8. The van der Waals surface area contributed by atoms with Crippen LogP contribution >= 0.6 is 0 Å². The molecule has 3 rings (SSSR count). The highest BCUT2D eigenvalue weighted by atomic mass is 16.5. The van der Waals surface area contributed by atoms with E-state index in [0.717, 1.165) is 45.7 Å². The lowest BCUT2D eigenvalue weighted by Gasteiger charge is -2.42. The highest BCUT2D eigenvalue weighted by Gasteiger charge is 2.43. The molecule has 1 aliphatic rings. The van der Waals surface area contributed by atoms with Gasteiger partial charge in [0, 0.05) is 20.0 Å². The zero-order valence-electron chi connectivity index (χ0n) is 17.0. The van der Waals surface area contributed by atoms with Gasteiger partial charge in [0.05, 0.1) is 18.6 Å². The van der Waals surface area contributed by atoms with Crippen molar-refractivity contribution in [1.82, 2.24) is 4.90 Å². The molecule has 2 aromatic carbocycles. The molecule has 0 spiro atoms. The molecule has 0 amide bonds. The molecule has 1 atom stereocenters. The van der Waals surface area contributed by atoms with E-state index in [2.05, 4.69) is 60.4 Å². The molecule has 0 radical (unpaired) electrons. The second kappa shape index (κ2) is 9.85. The van der Waals surface area contributed by atoms with Gasteiger partial charge in [-0.05, 0) is 30.5 Å². The molecule has 1 fully saturated rings. The predicted molar refractivity (Wildman–Crippen MR) is 111 cm³/mol. The topological polar surface area (TPSA) is 38.8 Å². The summed E-state index contributed by atoms with van der Waals surface area (Å²) in [6, 6.07) is 21.0. The van der Waals surface area contributed by atoms with E-state index in [0.29, 0.717) is 0 Å². The van der Waals surface area contributed by atoms with Crippen molar-refractivity contribution in [3.05, 3.63) is 71.8 Å². The zero-order valence-corrected chi connectivity index (χ0v) is 17.0. The van der Waals surface area contributed by atoms with Crippen molar-refractivity contribution in [1.29, 1.82) is 0 Å². The van der Waals surface area contributed by atoms with Crippen LogP contribution in [0.2, 0.25) is 0 Å². The van der Waals surface area contributed by atoms with Crippen LogP contribution in [0.3, 0.4) is 0 Å². The first-order chi connectivity index (χ1) is 13.7. The van der Waals surface area contributed by atoms with Crippen LogP contribution in [0.25, 0.3) is 0 Å². The van der Waals surface area contributed by atoms with Crippen LogP contribution < -0.4 is 0 Å². The van der Waals surface area contributed by atoms with E-state index in [4.69, 9.17) is 9.47 Å². The molecule has 0 bridgehead atoms. The summed E-state index contributed by atoms with van der Waals surface area (Å²) in [4.78, 5) is 14.4. The number of carbonyl (C=O) groups excluding carboxylic acids is 1. The number of hydrogen-bond acceptors (Lipinski definition) is 4. The van der Waals surface area contributed by atoms with E-state index >= 15 is 0 Å². The predicted octanol–water partition coefficient (Wildman–Crippen LogP) is 4.04. The zero-order chi connectivity index (χ0) is 19.8. The Morgan fingerprint density at radius 3 is 2.04 bits per heavy atom. The smallest absolute Gasteiger partial charge is 0.302 e. The van der Waals surface area contributed by atoms with Crippen molar-refractivity contribution in [2.45, 2.75) is 38.2 Å². The molecule has 0 saturated carbocycles. The average Bonchev–Trinajstić information content (AvgIpc) is 2.75. The molecule has 4 heteroatoms. The quantitative estimate of drug-likeness (QED) is 0.647. The lowest BCUT2D eigenvalue weighted by Crippen LogP contribution is -2.47. The summed E-state index contributed by atoms with van der Waals surface area (Å²) >= 11 is 0. The van der Waals surface area contributed by atoms with Gasteiger partial charge in [-0.25, -0.2) is 0 Å². The molecule has 1 aliphatic heterocycles. The largest absolute Gasteiger partial charge is 0.461 e. The van der Waals surface area contributed by atoms with Crippen molar-refractivity contribution < 1.29 is 14.3 Å². The Balaban J connectivity index is 2.06. The average molecular weight is 382 g/mol. The van der Waals surface area contributed by atoms with Crippen LogP contribution in [0, 0.1) is 0 Å². The molecular weight excluding hydrogens is 350 g/mol. The Bertz CT molecular complexity index is 687. The van der Waals surface area contributed by atoms with E-state index < -0.39 is 0 Å². The number of carbonyl (C=O) groups is 1. The Hall–Kier alpha value is -2.17. The standard InChI is InChI=1S/C24H31NO3/c1-3-23(28-20(2)26)24(21-10-6-4-7-11-21,22-12-8-5-9-13-22)14-15-25-16-18-27-19-17-25/h4-13,23H,3,14-19H2,1-2H3/t23-/m1/s1. The third-order valence-corrected chi connectivity index (χ3v) is 5.73. The van der Waals surface area contributed by atoms with Crippen LogP contribution in [0.15, 0.2) is 60.7 Å². The molecule has 2 aromatic rings. The minimum absolute atomic E-state index is 0.226. The first kappa shape index (κ1) is 20.6. The number of esters is 1. The maximum absolute atomic E-state index is 12.0. The summed E-state index contributed by atoms with van der Waals surface area (Å²) in [6.07, 6.45) is 1.41. The van der Waals surface area contributed by atoms with E-state index in [-0.39, 0.29) is 17.5 Å². The number of hydrogen-bond donors (Lipinski definition) is 0. The summed E-state index contributed by atoms with van der Waals surface area (Å²) in [6.45, 7) is 8.00. The maximum Gasteiger partial charge on any atom is 0.302 e. The van der Waals surface area contributed by atoms with Crippen molar-refractivity contribution >= 4 is 5.97 Å². The van der Waals surface area contributed by atoms with E-state index in [9.17, 15) is 4.79 Å². The van der Waals surface area contributed by atoms with Gasteiger partial charge in [0.25, 0.3) is 0 Å². The molecule has 28 heavy (non-hydrogen) atoms.